The normalized spacial score (nSPS) is 11.2. The van der Waals surface area contributed by atoms with E-state index in [1.807, 2.05) is 31.2 Å². The fraction of sp³-hybridized carbons (Fsp3) is 0.0233. The van der Waals surface area contributed by atoms with Crippen molar-refractivity contribution in [2.75, 3.05) is 4.90 Å². The Bertz CT molecular complexity index is 2120. The van der Waals surface area contributed by atoms with Crippen LogP contribution < -0.4 is 4.90 Å². The second kappa shape index (κ2) is 12.4. The first-order valence-corrected chi connectivity index (χ1v) is 15.3. The molecule has 0 saturated heterocycles. The molecule has 6 aromatic carbocycles. The van der Waals surface area contributed by atoms with Gasteiger partial charge in [-0.1, -0.05) is 134 Å². The van der Waals surface area contributed by atoms with Gasteiger partial charge in [-0.2, -0.15) is 0 Å². The van der Waals surface area contributed by atoms with Crippen LogP contribution in [-0.2, 0) is 0 Å². The largest absolute Gasteiger partial charge is 0.454 e. The Balaban J connectivity index is 1.30. The van der Waals surface area contributed by atoms with E-state index in [2.05, 4.69) is 157 Å². The van der Waals surface area contributed by atoms with Crippen molar-refractivity contribution in [1.82, 2.24) is 0 Å². The molecule has 45 heavy (non-hydrogen) atoms. The van der Waals surface area contributed by atoms with E-state index in [0.29, 0.717) is 0 Å². The lowest BCUT2D eigenvalue weighted by molar-refractivity contribution is 0.603. The lowest BCUT2D eigenvalue weighted by Crippen LogP contribution is -2.10. The molecular weight excluding hydrogens is 546 g/mol. The van der Waals surface area contributed by atoms with Crippen molar-refractivity contribution in [2.24, 2.45) is 0 Å². The number of fused-ring (bicyclic) bond motifs is 1. The van der Waals surface area contributed by atoms with Crippen LogP contribution in [0.3, 0.4) is 0 Å². The van der Waals surface area contributed by atoms with Crippen LogP contribution >= 0.6 is 0 Å². The Labute approximate surface area is 264 Å². The van der Waals surface area contributed by atoms with Crippen LogP contribution in [0.25, 0.3) is 56.5 Å². The highest BCUT2D eigenvalue weighted by molar-refractivity contribution is 6.01. The molecule has 0 bridgehead atoms. The molecule has 0 aliphatic carbocycles. The van der Waals surface area contributed by atoms with Gasteiger partial charge in [0.25, 0.3) is 0 Å². The van der Waals surface area contributed by atoms with Crippen LogP contribution in [-0.4, -0.2) is 0 Å². The van der Waals surface area contributed by atoms with Gasteiger partial charge in [-0.25, -0.2) is 0 Å². The number of benzene rings is 6. The zero-order valence-electron chi connectivity index (χ0n) is 25.2. The maximum absolute atomic E-state index is 6.48. The minimum atomic E-state index is 0.812. The summed E-state index contributed by atoms with van der Waals surface area (Å²) in [5.74, 6) is 0.812. The first-order valence-electron chi connectivity index (χ1n) is 15.3. The summed E-state index contributed by atoms with van der Waals surface area (Å²) in [6.45, 7) is 6.06. The van der Waals surface area contributed by atoms with Crippen molar-refractivity contribution in [1.29, 1.82) is 0 Å². The van der Waals surface area contributed by atoms with Gasteiger partial charge in [-0.05, 0) is 82.8 Å². The number of hydrogen-bond donors (Lipinski definition) is 0. The van der Waals surface area contributed by atoms with E-state index in [9.17, 15) is 0 Å². The second-order valence-corrected chi connectivity index (χ2v) is 10.9. The molecule has 0 amide bonds. The average Bonchev–Trinajstić information content (AvgIpc) is 3.47. The molecule has 1 heterocycles. The van der Waals surface area contributed by atoms with Crippen LogP contribution in [0.4, 0.5) is 17.1 Å². The van der Waals surface area contributed by atoms with Crippen LogP contribution in [0.2, 0.25) is 0 Å². The summed E-state index contributed by atoms with van der Waals surface area (Å²) in [6.07, 6.45) is 5.86. The lowest BCUT2D eigenvalue weighted by atomic mass is 9.92. The third kappa shape index (κ3) is 5.39. The molecule has 0 radical (unpaired) electrons. The summed E-state index contributed by atoms with van der Waals surface area (Å²) in [6, 6.07) is 53.5. The van der Waals surface area contributed by atoms with Crippen LogP contribution in [0, 0.1) is 0 Å². The molecule has 0 N–H and O–H groups in total. The second-order valence-electron chi connectivity index (χ2n) is 10.9. The smallest absolute Gasteiger partial charge is 0.159 e. The monoisotopic (exact) mass is 579 g/mol. The first-order chi connectivity index (χ1) is 22.2. The number of hydrogen-bond acceptors (Lipinski definition) is 2. The third-order valence-electron chi connectivity index (χ3n) is 8.18. The Hall–Kier alpha value is -5.86. The molecule has 0 aliphatic rings. The van der Waals surface area contributed by atoms with E-state index in [-0.39, 0.29) is 0 Å². The van der Waals surface area contributed by atoms with Gasteiger partial charge in [0.05, 0.1) is 5.69 Å². The van der Waals surface area contributed by atoms with Gasteiger partial charge in [-0.3, -0.25) is 0 Å². The van der Waals surface area contributed by atoms with Gasteiger partial charge >= 0.3 is 0 Å². The molecule has 216 valence electrons. The summed E-state index contributed by atoms with van der Waals surface area (Å²) < 4.78 is 6.48. The van der Waals surface area contributed by atoms with Gasteiger partial charge in [-0.15, -0.1) is 0 Å². The molecule has 0 aliphatic heterocycles. The molecule has 0 unspecified atom stereocenters. The molecular formula is C43H33NO. The topological polar surface area (TPSA) is 16.4 Å². The number of nitrogens with zero attached hydrogens (tertiary/aromatic N) is 1. The third-order valence-corrected chi connectivity index (χ3v) is 8.18. The SMILES string of the molecule is C=Cc1c(/C=C\C)oc2c(N(c3ccccc3)c3ccc(-c4cccc(-c5ccccc5-c5ccccc5)c4)cc3)cccc12. The predicted octanol–water partition coefficient (Wildman–Crippen LogP) is 12.6. The van der Waals surface area contributed by atoms with Crippen LogP contribution in [0.5, 0.6) is 0 Å². The van der Waals surface area contributed by atoms with Gasteiger partial charge in [0.2, 0.25) is 0 Å². The Morgan fingerprint density at radius 1 is 0.556 bits per heavy atom. The highest BCUT2D eigenvalue weighted by Gasteiger charge is 2.20. The minimum Gasteiger partial charge on any atom is -0.454 e. The van der Waals surface area contributed by atoms with E-state index in [1.54, 1.807) is 0 Å². The summed E-state index contributed by atoms with van der Waals surface area (Å²) in [5, 5.41) is 1.04. The standard InChI is InChI=1S/C43H33NO/c1-3-15-42-37(4-2)40-24-14-25-41(43(40)45-42)44(35-20-9-6-10-21-35)36-28-26-31(27-29-36)33-18-13-19-34(30-33)39-23-12-11-22-38(39)32-16-7-5-8-17-32/h3-30H,2H2,1H3/b15-3-. The van der Waals surface area contributed by atoms with Gasteiger partial charge in [0.15, 0.2) is 5.58 Å². The zero-order valence-corrected chi connectivity index (χ0v) is 25.2. The van der Waals surface area contributed by atoms with Gasteiger partial charge in [0.1, 0.15) is 5.76 Å². The molecule has 2 nitrogen and oxygen atoms in total. The van der Waals surface area contributed by atoms with E-state index in [0.717, 1.165) is 44.9 Å². The fourth-order valence-corrected chi connectivity index (χ4v) is 6.08. The molecule has 0 spiro atoms. The number of para-hydroxylation sites is 2. The van der Waals surface area contributed by atoms with E-state index in [1.165, 1.54) is 27.8 Å². The quantitative estimate of drug-likeness (QED) is 0.178. The molecule has 0 fully saturated rings. The lowest BCUT2D eigenvalue weighted by Gasteiger charge is -2.25. The highest BCUT2D eigenvalue weighted by Crippen LogP contribution is 2.42. The van der Waals surface area contributed by atoms with E-state index >= 15 is 0 Å². The maximum atomic E-state index is 6.48. The van der Waals surface area contributed by atoms with Crippen molar-refractivity contribution in [3.05, 3.63) is 176 Å². The maximum Gasteiger partial charge on any atom is 0.159 e. The van der Waals surface area contributed by atoms with E-state index in [4.69, 9.17) is 4.42 Å². The van der Waals surface area contributed by atoms with Crippen molar-refractivity contribution in [3.63, 3.8) is 0 Å². The first kappa shape index (κ1) is 27.9. The zero-order chi connectivity index (χ0) is 30.6. The molecule has 7 aromatic rings. The van der Waals surface area contributed by atoms with E-state index < -0.39 is 0 Å². The summed E-state index contributed by atoms with van der Waals surface area (Å²) in [5.41, 5.74) is 12.1. The Morgan fingerprint density at radius 3 is 1.87 bits per heavy atom. The van der Waals surface area contributed by atoms with Crippen LogP contribution in [0.15, 0.2) is 169 Å². The summed E-state index contributed by atoms with van der Waals surface area (Å²) >= 11 is 0. The summed E-state index contributed by atoms with van der Waals surface area (Å²) in [7, 11) is 0. The molecule has 0 saturated carbocycles. The summed E-state index contributed by atoms with van der Waals surface area (Å²) in [4.78, 5) is 2.26. The van der Waals surface area contributed by atoms with Crippen molar-refractivity contribution >= 4 is 40.2 Å². The minimum absolute atomic E-state index is 0.812. The number of furan rings is 1. The van der Waals surface area contributed by atoms with Crippen LogP contribution in [0.1, 0.15) is 18.2 Å². The fourth-order valence-electron chi connectivity index (χ4n) is 6.08. The highest BCUT2D eigenvalue weighted by atomic mass is 16.3. The van der Waals surface area contributed by atoms with Crippen molar-refractivity contribution in [3.8, 4) is 33.4 Å². The number of rotatable bonds is 8. The van der Waals surface area contributed by atoms with Gasteiger partial charge < -0.3 is 9.32 Å². The van der Waals surface area contributed by atoms with Crippen molar-refractivity contribution < 1.29 is 4.42 Å². The molecule has 1 aromatic heterocycles. The Morgan fingerprint density at radius 2 is 1.16 bits per heavy atom. The average molecular weight is 580 g/mol. The van der Waals surface area contributed by atoms with Gasteiger partial charge in [0, 0.05) is 22.3 Å². The molecule has 7 rings (SSSR count). The van der Waals surface area contributed by atoms with Crippen molar-refractivity contribution in [2.45, 2.75) is 6.92 Å². The molecule has 0 atom stereocenters. The number of anilines is 3. The Kier molecular flexibility index (Phi) is 7.70. The number of allylic oxidation sites excluding steroid dienone is 1. The predicted molar refractivity (Wildman–Crippen MR) is 192 cm³/mol. The molecule has 2 heteroatoms.